The highest BCUT2D eigenvalue weighted by molar-refractivity contribution is 5.83. The quantitative estimate of drug-likeness (QED) is 0.183. The van der Waals surface area contributed by atoms with E-state index in [1.807, 2.05) is 0 Å². The summed E-state index contributed by atoms with van der Waals surface area (Å²) in [5.74, 6) is 0.968. The van der Waals surface area contributed by atoms with Gasteiger partial charge in [-0.05, 0) is 97.3 Å². The summed E-state index contributed by atoms with van der Waals surface area (Å²) in [6, 6.07) is 0. The van der Waals surface area contributed by atoms with Gasteiger partial charge < -0.3 is 9.47 Å². The van der Waals surface area contributed by atoms with Gasteiger partial charge in [-0.3, -0.25) is 0 Å². The smallest absolute Gasteiger partial charge is 0.337 e. The van der Waals surface area contributed by atoms with E-state index in [0.29, 0.717) is 11.8 Å². The van der Waals surface area contributed by atoms with Gasteiger partial charge in [-0.15, -0.1) is 0 Å². The molecule has 37 heavy (non-hydrogen) atoms. The first-order valence-electron chi connectivity index (χ1n) is 14.8. The van der Waals surface area contributed by atoms with E-state index in [2.05, 4.69) is 79.7 Å². The highest BCUT2D eigenvalue weighted by atomic mass is 16.7. The molecule has 208 valence electrons. The second-order valence-electron chi connectivity index (χ2n) is 12.1. The van der Waals surface area contributed by atoms with Gasteiger partial charge in [0.1, 0.15) is 5.76 Å². The molecule has 3 atom stereocenters. The van der Waals surface area contributed by atoms with Crippen LogP contribution in [0, 0.1) is 17.8 Å². The van der Waals surface area contributed by atoms with E-state index in [4.69, 9.17) is 9.47 Å². The molecule has 3 heteroatoms. The summed E-state index contributed by atoms with van der Waals surface area (Å²) < 4.78 is 12.4. The predicted octanol–water partition coefficient (Wildman–Crippen LogP) is 10.2. The van der Waals surface area contributed by atoms with Gasteiger partial charge in [-0.25, -0.2) is 4.79 Å². The molecule has 0 aromatic heterocycles. The fourth-order valence-corrected chi connectivity index (χ4v) is 5.92. The molecule has 1 saturated carbocycles. The lowest BCUT2D eigenvalue weighted by Crippen LogP contribution is -2.52. The molecule has 0 aromatic rings. The molecule has 0 N–H and O–H groups in total. The number of hydrogen-bond donors (Lipinski definition) is 0. The van der Waals surface area contributed by atoms with Crippen molar-refractivity contribution in [1.82, 2.24) is 0 Å². The van der Waals surface area contributed by atoms with Gasteiger partial charge in [0.25, 0.3) is 5.79 Å². The number of ether oxygens (including phenoxy) is 2. The van der Waals surface area contributed by atoms with Gasteiger partial charge in [0, 0.05) is 18.8 Å². The Balaban J connectivity index is 1.79. The standard InChI is InChI=1S/C34H54O3/c1-9-13-28(6)22-29(7)18-11-16-26(4)14-10-15-27(5)17-12-19-31-23-33(35)37-34(36-31)24-30(8)20-21-32(34)25(2)3/h13-14,17-18,23,25,30,32H,9-12,15-16,19-22,24H2,1-8H3/b26-14+,27-17+,28-13+,29-18+/t30-,32+,34+/m1/s1. The SMILES string of the molecule is CC/C=C(\C)C/C(C)=C/CC/C(C)=C/CC/C(C)=C/CCC1=CC(=O)O[C@]2(C[C@H](C)CC[C@H]2C(C)C)O1. The highest BCUT2D eigenvalue weighted by Gasteiger charge is 2.51. The van der Waals surface area contributed by atoms with Crippen molar-refractivity contribution in [3.63, 3.8) is 0 Å². The first kappa shape index (κ1) is 31.2. The summed E-state index contributed by atoms with van der Waals surface area (Å²) in [4.78, 5) is 12.5. The van der Waals surface area contributed by atoms with Crippen LogP contribution in [-0.4, -0.2) is 11.8 Å². The minimum Gasteiger partial charge on any atom is -0.456 e. The van der Waals surface area contributed by atoms with E-state index in [9.17, 15) is 4.79 Å². The predicted molar refractivity (Wildman–Crippen MR) is 157 cm³/mol. The Hall–Kier alpha value is -2.03. The molecule has 0 saturated heterocycles. The van der Waals surface area contributed by atoms with Crippen molar-refractivity contribution in [1.29, 1.82) is 0 Å². The van der Waals surface area contributed by atoms with Crippen LogP contribution in [-0.2, 0) is 14.3 Å². The number of allylic oxidation sites excluding steroid dienone is 9. The lowest BCUT2D eigenvalue weighted by molar-refractivity contribution is -0.269. The maximum Gasteiger partial charge on any atom is 0.337 e. The highest BCUT2D eigenvalue weighted by Crippen LogP contribution is 2.47. The third-order valence-corrected chi connectivity index (χ3v) is 7.89. The summed E-state index contributed by atoms with van der Waals surface area (Å²) in [6.07, 6.45) is 22.3. The van der Waals surface area contributed by atoms with E-state index in [1.54, 1.807) is 6.08 Å². The van der Waals surface area contributed by atoms with Crippen LogP contribution in [0.5, 0.6) is 0 Å². The molecular weight excluding hydrogens is 456 g/mol. The van der Waals surface area contributed by atoms with Gasteiger partial charge in [0.2, 0.25) is 0 Å². The minimum atomic E-state index is -0.771. The van der Waals surface area contributed by atoms with Crippen molar-refractivity contribution in [2.75, 3.05) is 0 Å². The van der Waals surface area contributed by atoms with Crippen molar-refractivity contribution in [2.24, 2.45) is 17.8 Å². The van der Waals surface area contributed by atoms with E-state index >= 15 is 0 Å². The second kappa shape index (κ2) is 15.4. The van der Waals surface area contributed by atoms with E-state index in [1.165, 1.54) is 28.7 Å². The molecule has 1 aliphatic heterocycles. The summed E-state index contributed by atoms with van der Waals surface area (Å²) in [7, 11) is 0. The molecule has 0 unspecified atom stereocenters. The fourth-order valence-electron chi connectivity index (χ4n) is 5.92. The monoisotopic (exact) mass is 510 g/mol. The van der Waals surface area contributed by atoms with Crippen molar-refractivity contribution >= 4 is 5.97 Å². The van der Waals surface area contributed by atoms with Gasteiger partial charge >= 0.3 is 5.97 Å². The Labute approximate surface area is 228 Å². The van der Waals surface area contributed by atoms with Gasteiger partial charge in [-0.2, -0.15) is 0 Å². The van der Waals surface area contributed by atoms with Crippen LogP contribution in [0.1, 0.15) is 126 Å². The number of hydrogen-bond acceptors (Lipinski definition) is 3. The summed E-state index contributed by atoms with van der Waals surface area (Å²) in [5, 5.41) is 0. The molecule has 0 bridgehead atoms. The Morgan fingerprint density at radius 3 is 2.14 bits per heavy atom. The third-order valence-electron chi connectivity index (χ3n) is 7.89. The number of carbonyl (C=O) groups is 1. The second-order valence-corrected chi connectivity index (χ2v) is 12.1. The zero-order valence-corrected chi connectivity index (χ0v) is 25.1. The molecule has 1 aliphatic carbocycles. The Kier molecular flexibility index (Phi) is 13.0. The molecule has 1 fully saturated rings. The molecule has 0 amide bonds. The number of esters is 1. The maximum absolute atomic E-state index is 12.5. The number of carbonyl (C=O) groups excluding carboxylic acids is 1. The van der Waals surface area contributed by atoms with E-state index in [0.717, 1.165) is 70.0 Å². The molecule has 0 radical (unpaired) electrons. The van der Waals surface area contributed by atoms with Crippen molar-refractivity contribution in [3.8, 4) is 0 Å². The first-order valence-corrected chi connectivity index (χ1v) is 14.8. The van der Waals surface area contributed by atoms with Crippen LogP contribution in [0.3, 0.4) is 0 Å². The molecule has 2 aliphatic rings. The van der Waals surface area contributed by atoms with Gasteiger partial charge in [-0.1, -0.05) is 74.3 Å². The van der Waals surface area contributed by atoms with Crippen LogP contribution in [0.2, 0.25) is 0 Å². The van der Waals surface area contributed by atoms with E-state index < -0.39 is 5.79 Å². The van der Waals surface area contributed by atoms with Gasteiger partial charge in [0.15, 0.2) is 0 Å². The maximum atomic E-state index is 12.5. The largest absolute Gasteiger partial charge is 0.456 e. The van der Waals surface area contributed by atoms with Crippen LogP contribution in [0.15, 0.2) is 58.4 Å². The van der Waals surface area contributed by atoms with Gasteiger partial charge in [0.05, 0.1) is 6.08 Å². The zero-order valence-electron chi connectivity index (χ0n) is 25.1. The Bertz CT molecular complexity index is 898. The Morgan fingerprint density at radius 1 is 0.919 bits per heavy atom. The molecule has 2 rings (SSSR count). The summed E-state index contributed by atoms with van der Waals surface area (Å²) in [6.45, 7) is 17.8. The zero-order chi connectivity index (χ0) is 27.4. The van der Waals surface area contributed by atoms with Crippen LogP contribution in [0.25, 0.3) is 0 Å². The Morgan fingerprint density at radius 2 is 1.51 bits per heavy atom. The topological polar surface area (TPSA) is 35.5 Å². The molecule has 0 aromatic carbocycles. The average molecular weight is 511 g/mol. The van der Waals surface area contributed by atoms with Crippen LogP contribution >= 0.6 is 0 Å². The lowest BCUT2D eigenvalue weighted by Gasteiger charge is -2.48. The summed E-state index contributed by atoms with van der Waals surface area (Å²) >= 11 is 0. The molecule has 1 spiro atoms. The van der Waals surface area contributed by atoms with Crippen LogP contribution < -0.4 is 0 Å². The first-order chi connectivity index (χ1) is 17.5. The van der Waals surface area contributed by atoms with Crippen molar-refractivity contribution < 1.29 is 14.3 Å². The summed E-state index contributed by atoms with van der Waals surface area (Å²) in [5.41, 5.74) is 5.82. The lowest BCUT2D eigenvalue weighted by atomic mass is 9.72. The fraction of sp³-hybridized carbons (Fsp3) is 0.676. The molecule has 3 nitrogen and oxygen atoms in total. The average Bonchev–Trinajstić information content (AvgIpc) is 2.78. The third kappa shape index (κ3) is 10.7. The number of rotatable bonds is 13. The molecular formula is C34H54O3. The molecule has 1 heterocycles. The van der Waals surface area contributed by atoms with Crippen molar-refractivity contribution in [2.45, 2.75) is 132 Å². The van der Waals surface area contributed by atoms with E-state index in [-0.39, 0.29) is 11.9 Å². The van der Waals surface area contributed by atoms with Crippen molar-refractivity contribution in [3.05, 3.63) is 58.4 Å². The minimum absolute atomic E-state index is 0.236. The van der Waals surface area contributed by atoms with Crippen LogP contribution in [0.4, 0.5) is 0 Å². The normalized spacial score (nSPS) is 25.9.